The van der Waals surface area contributed by atoms with Crippen LogP contribution in [0.2, 0.25) is 0 Å². The fourth-order valence-corrected chi connectivity index (χ4v) is 7.21. The molecule has 2 amide bonds. The Bertz CT molecular complexity index is 1110. The molecule has 0 radical (unpaired) electrons. The summed E-state index contributed by atoms with van der Waals surface area (Å²) >= 11 is 0. The minimum Gasteiger partial charge on any atom is -0.342 e. The molecule has 1 aliphatic carbocycles. The van der Waals surface area contributed by atoms with Crippen LogP contribution in [0.3, 0.4) is 0 Å². The van der Waals surface area contributed by atoms with E-state index < -0.39 is 22.9 Å². The number of benzene rings is 2. The lowest BCUT2D eigenvalue weighted by atomic mass is 9.86. The number of carbonyl (C=O) groups excluding carboxylic acids is 2. The Morgan fingerprint density at radius 2 is 1.62 bits per heavy atom. The van der Waals surface area contributed by atoms with Crippen LogP contribution >= 0.6 is 0 Å². The molecule has 6 nitrogen and oxygen atoms in total. The first-order chi connectivity index (χ1) is 17.8. The quantitative estimate of drug-likeness (QED) is 0.487. The fourth-order valence-electron chi connectivity index (χ4n) is 5.95. The summed E-state index contributed by atoms with van der Waals surface area (Å²) in [5.74, 6) is 0.627. The van der Waals surface area contributed by atoms with Gasteiger partial charge in [-0.05, 0) is 74.5 Å². The first-order valence-corrected chi connectivity index (χ1v) is 14.9. The maximum atomic E-state index is 14.1. The molecule has 1 saturated heterocycles. The molecule has 1 fully saturated rings. The van der Waals surface area contributed by atoms with Gasteiger partial charge in [-0.25, -0.2) is 0 Å². The summed E-state index contributed by atoms with van der Waals surface area (Å²) in [5, 5.41) is 3.14. The first-order valence-electron chi connectivity index (χ1n) is 13.6. The van der Waals surface area contributed by atoms with Crippen molar-refractivity contribution in [3.63, 3.8) is 0 Å². The summed E-state index contributed by atoms with van der Waals surface area (Å²) in [7, 11) is 2.87. The van der Waals surface area contributed by atoms with Crippen molar-refractivity contribution in [2.45, 2.75) is 69.5 Å². The molecule has 2 aliphatic rings. The van der Waals surface area contributed by atoms with Gasteiger partial charge in [0, 0.05) is 17.2 Å². The Labute approximate surface area is 224 Å². The molecule has 0 aromatic heterocycles. The standard InChI is InChI=1S/C30H41N3O3S/c1-5-21(6-2)28-29(34)31-27(25-18-22-12-7-8-13-23(22)19-25)30(35)33(28)20-24-14-9-10-15-26(24)37(36)17-11-16-32(3)4/h7-10,12-15,21,25,27-28H,5-6,11,16-20H2,1-4H3,(H,31,34)/t27-,28-,37?/m1/s1. The molecule has 1 heterocycles. The molecule has 3 atom stereocenters. The van der Waals surface area contributed by atoms with Gasteiger partial charge in [0.2, 0.25) is 11.8 Å². The van der Waals surface area contributed by atoms with Crippen molar-refractivity contribution in [3.8, 4) is 0 Å². The smallest absolute Gasteiger partial charge is 0.246 e. The van der Waals surface area contributed by atoms with Gasteiger partial charge in [-0.3, -0.25) is 13.8 Å². The summed E-state index contributed by atoms with van der Waals surface area (Å²) in [5.41, 5.74) is 3.40. The number of fused-ring (bicyclic) bond motifs is 1. The fraction of sp³-hybridized carbons (Fsp3) is 0.533. The molecule has 0 saturated carbocycles. The zero-order valence-corrected chi connectivity index (χ0v) is 23.4. The Morgan fingerprint density at radius 3 is 2.24 bits per heavy atom. The molecule has 0 bridgehead atoms. The summed E-state index contributed by atoms with van der Waals surface area (Å²) < 4.78 is 13.3. The Kier molecular flexibility index (Phi) is 9.19. The topological polar surface area (TPSA) is 69.7 Å². The average molecular weight is 524 g/mol. The number of piperazine rings is 1. The molecule has 1 N–H and O–H groups in total. The summed E-state index contributed by atoms with van der Waals surface area (Å²) in [6.45, 7) is 5.34. The number of hydrogen-bond acceptors (Lipinski definition) is 4. The second kappa shape index (κ2) is 12.4. The average Bonchev–Trinajstić information content (AvgIpc) is 3.32. The van der Waals surface area contributed by atoms with E-state index in [0.717, 1.165) is 49.1 Å². The van der Waals surface area contributed by atoms with Gasteiger partial charge >= 0.3 is 0 Å². The van der Waals surface area contributed by atoms with E-state index in [0.29, 0.717) is 12.3 Å². The predicted octanol–water partition coefficient (Wildman–Crippen LogP) is 3.79. The lowest BCUT2D eigenvalue weighted by Gasteiger charge is -2.44. The van der Waals surface area contributed by atoms with Crippen LogP contribution in [-0.4, -0.2) is 64.3 Å². The van der Waals surface area contributed by atoms with Crippen LogP contribution in [0.1, 0.15) is 49.8 Å². The Balaban J connectivity index is 1.61. The third-order valence-corrected chi connectivity index (χ3v) is 9.54. The van der Waals surface area contributed by atoms with Crippen LogP contribution in [0.5, 0.6) is 0 Å². The van der Waals surface area contributed by atoms with Crippen LogP contribution in [-0.2, 0) is 39.8 Å². The lowest BCUT2D eigenvalue weighted by Crippen LogP contribution is -2.66. The van der Waals surface area contributed by atoms with Gasteiger partial charge in [-0.2, -0.15) is 0 Å². The Morgan fingerprint density at radius 1 is 1.00 bits per heavy atom. The number of carbonyl (C=O) groups is 2. The molecule has 2 aromatic carbocycles. The largest absolute Gasteiger partial charge is 0.342 e. The molecule has 1 unspecified atom stereocenters. The van der Waals surface area contributed by atoms with Crippen molar-refractivity contribution in [2.75, 3.05) is 26.4 Å². The third-order valence-electron chi connectivity index (χ3n) is 7.99. The molecule has 2 aromatic rings. The highest BCUT2D eigenvalue weighted by molar-refractivity contribution is 7.85. The van der Waals surface area contributed by atoms with E-state index in [1.54, 1.807) is 4.90 Å². The SMILES string of the molecule is CCC(CC)[C@@H]1C(=O)N[C@H](C2Cc3ccccc3C2)C(=O)N1Cc1ccccc1S(=O)CCCN(C)C. The van der Waals surface area contributed by atoms with Crippen LogP contribution in [0.4, 0.5) is 0 Å². The van der Waals surface area contributed by atoms with E-state index in [4.69, 9.17) is 0 Å². The second-order valence-corrected chi connectivity index (χ2v) is 12.3. The highest BCUT2D eigenvalue weighted by Crippen LogP contribution is 2.33. The minimum absolute atomic E-state index is 0.0116. The van der Waals surface area contributed by atoms with Crippen molar-refractivity contribution in [1.29, 1.82) is 0 Å². The summed E-state index contributed by atoms with van der Waals surface area (Å²) in [4.78, 5) is 32.4. The van der Waals surface area contributed by atoms with E-state index in [9.17, 15) is 13.8 Å². The maximum absolute atomic E-state index is 14.1. The van der Waals surface area contributed by atoms with Crippen LogP contribution in [0, 0.1) is 11.8 Å². The van der Waals surface area contributed by atoms with Crippen molar-refractivity contribution in [1.82, 2.24) is 15.1 Å². The van der Waals surface area contributed by atoms with Crippen molar-refractivity contribution in [2.24, 2.45) is 11.8 Å². The van der Waals surface area contributed by atoms with Gasteiger partial charge in [0.1, 0.15) is 12.1 Å². The highest BCUT2D eigenvalue weighted by Gasteiger charge is 2.47. The molecule has 200 valence electrons. The number of nitrogens with one attached hydrogen (secondary N) is 1. The number of amides is 2. The predicted molar refractivity (Wildman–Crippen MR) is 149 cm³/mol. The molecule has 1 aliphatic heterocycles. The summed E-state index contributed by atoms with van der Waals surface area (Å²) in [6, 6.07) is 15.0. The maximum Gasteiger partial charge on any atom is 0.246 e. The molecular weight excluding hydrogens is 482 g/mol. The van der Waals surface area contributed by atoms with E-state index in [1.807, 2.05) is 50.5 Å². The van der Waals surface area contributed by atoms with E-state index in [1.165, 1.54) is 11.1 Å². The molecule has 0 spiro atoms. The first kappa shape index (κ1) is 27.5. The van der Waals surface area contributed by atoms with Crippen LogP contribution in [0.15, 0.2) is 53.4 Å². The summed E-state index contributed by atoms with van der Waals surface area (Å²) in [6.07, 6.45) is 4.05. The van der Waals surface area contributed by atoms with Crippen LogP contribution < -0.4 is 5.32 Å². The zero-order chi connectivity index (χ0) is 26.5. The molecule has 7 heteroatoms. The number of nitrogens with zero attached hydrogens (tertiary/aromatic N) is 2. The van der Waals surface area contributed by atoms with Gasteiger partial charge in [-0.15, -0.1) is 0 Å². The van der Waals surface area contributed by atoms with Crippen LogP contribution in [0.25, 0.3) is 0 Å². The van der Waals surface area contributed by atoms with Gasteiger partial charge in [0.15, 0.2) is 0 Å². The number of rotatable bonds is 11. The number of hydrogen-bond donors (Lipinski definition) is 1. The third kappa shape index (κ3) is 6.15. The van der Waals surface area contributed by atoms with E-state index >= 15 is 0 Å². The monoisotopic (exact) mass is 523 g/mol. The van der Waals surface area contributed by atoms with Gasteiger partial charge in [0.05, 0.1) is 10.8 Å². The van der Waals surface area contributed by atoms with Gasteiger partial charge < -0.3 is 15.1 Å². The molecule has 4 rings (SSSR count). The minimum atomic E-state index is -1.16. The van der Waals surface area contributed by atoms with Gasteiger partial charge in [-0.1, -0.05) is 69.2 Å². The second-order valence-electron chi connectivity index (χ2n) is 10.7. The zero-order valence-electron chi connectivity index (χ0n) is 22.6. The molecule has 37 heavy (non-hydrogen) atoms. The molecular formula is C30H41N3O3S. The van der Waals surface area contributed by atoms with Crippen molar-refractivity contribution < 1.29 is 13.8 Å². The van der Waals surface area contributed by atoms with Crippen molar-refractivity contribution in [3.05, 3.63) is 65.2 Å². The van der Waals surface area contributed by atoms with E-state index in [-0.39, 0.29) is 23.7 Å². The lowest BCUT2D eigenvalue weighted by molar-refractivity contribution is -0.154. The van der Waals surface area contributed by atoms with Gasteiger partial charge in [0.25, 0.3) is 0 Å². The van der Waals surface area contributed by atoms with E-state index in [2.05, 4.69) is 36.2 Å². The normalized spacial score (nSPS) is 21.0. The highest BCUT2D eigenvalue weighted by atomic mass is 32.2. The Hall–Kier alpha value is -2.51. The van der Waals surface area contributed by atoms with Crippen molar-refractivity contribution >= 4 is 22.6 Å².